The molecule has 3 aromatic rings. The zero-order valence-corrected chi connectivity index (χ0v) is 15.7. The number of carbonyl (C=O) groups excluding carboxylic acids is 1. The highest BCUT2D eigenvalue weighted by molar-refractivity contribution is 5.92. The van der Waals surface area contributed by atoms with E-state index in [0.29, 0.717) is 13.1 Å². The number of aromatic nitrogens is 2. The maximum Gasteiger partial charge on any atom is 0.238 e. The molecule has 5 nitrogen and oxygen atoms in total. The zero-order chi connectivity index (χ0) is 20.2. The first kappa shape index (κ1) is 19.0. The third-order valence-corrected chi connectivity index (χ3v) is 4.84. The van der Waals surface area contributed by atoms with Crippen molar-refractivity contribution in [3.8, 4) is 5.69 Å². The third kappa shape index (κ3) is 4.57. The quantitative estimate of drug-likeness (QED) is 0.715. The van der Waals surface area contributed by atoms with Gasteiger partial charge in [0.25, 0.3) is 0 Å². The Balaban J connectivity index is 1.35. The summed E-state index contributed by atoms with van der Waals surface area (Å²) in [6.45, 7) is 1.41. The van der Waals surface area contributed by atoms with Gasteiger partial charge in [0, 0.05) is 30.9 Å². The van der Waals surface area contributed by atoms with Crippen molar-refractivity contribution in [2.75, 3.05) is 25.0 Å². The molecule has 2 heterocycles. The molecule has 0 unspecified atom stereocenters. The molecule has 0 aliphatic carbocycles. The third-order valence-electron chi connectivity index (χ3n) is 4.84. The number of nitrogens with zero attached hydrogens (tertiary/aromatic N) is 3. The second-order valence-corrected chi connectivity index (χ2v) is 6.90. The molecule has 29 heavy (non-hydrogen) atoms. The number of hydrogen-bond donors (Lipinski definition) is 1. The molecule has 1 aliphatic rings. The van der Waals surface area contributed by atoms with E-state index in [1.54, 1.807) is 0 Å². The normalized spacial score (nSPS) is 14.5. The van der Waals surface area contributed by atoms with Crippen molar-refractivity contribution in [2.24, 2.45) is 0 Å². The van der Waals surface area contributed by atoms with Crippen molar-refractivity contribution in [3.05, 3.63) is 84.2 Å². The van der Waals surface area contributed by atoms with E-state index in [-0.39, 0.29) is 18.1 Å². The number of carbonyl (C=O) groups is 1. The number of para-hydroxylation sites is 1. The van der Waals surface area contributed by atoms with Crippen LogP contribution in [-0.4, -0.2) is 40.2 Å². The highest BCUT2D eigenvalue weighted by atomic mass is 19.1. The summed E-state index contributed by atoms with van der Waals surface area (Å²) in [6, 6.07) is 12.9. The maximum atomic E-state index is 13.7. The van der Waals surface area contributed by atoms with Gasteiger partial charge in [0.15, 0.2) is 0 Å². The number of halogens is 2. The first-order valence-corrected chi connectivity index (χ1v) is 9.35. The maximum absolute atomic E-state index is 13.7. The van der Waals surface area contributed by atoms with Gasteiger partial charge in [0.05, 0.1) is 24.1 Å². The Labute approximate surface area is 167 Å². The van der Waals surface area contributed by atoms with Crippen molar-refractivity contribution in [1.29, 1.82) is 0 Å². The summed E-state index contributed by atoms with van der Waals surface area (Å²) in [5, 5.41) is 6.86. The van der Waals surface area contributed by atoms with Crippen LogP contribution in [0.2, 0.25) is 0 Å². The number of hydrogen-bond acceptors (Lipinski definition) is 3. The van der Waals surface area contributed by atoms with Crippen molar-refractivity contribution < 1.29 is 13.6 Å². The molecule has 7 heteroatoms. The fraction of sp³-hybridized carbons (Fsp3) is 0.182. The van der Waals surface area contributed by atoms with Crippen LogP contribution in [0.5, 0.6) is 0 Å². The van der Waals surface area contributed by atoms with Crippen LogP contribution in [0.3, 0.4) is 0 Å². The van der Waals surface area contributed by atoms with Gasteiger partial charge in [-0.3, -0.25) is 9.69 Å². The lowest BCUT2D eigenvalue weighted by Crippen LogP contribution is -2.36. The van der Waals surface area contributed by atoms with E-state index >= 15 is 0 Å². The molecular formula is C22H20F2N4O. The number of nitrogens with one attached hydrogen (secondary N) is 1. The smallest absolute Gasteiger partial charge is 0.238 e. The highest BCUT2D eigenvalue weighted by Gasteiger charge is 2.17. The van der Waals surface area contributed by atoms with Crippen LogP contribution in [0.25, 0.3) is 11.3 Å². The average molecular weight is 394 g/mol. The summed E-state index contributed by atoms with van der Waals surface area (Å²) in [7, 11) is 0. The number of benzene rings is 2. The van der Waals surface area contributed by atoms with Crippen molar-refractivity contribution in [1.82, 2.24) is 14.7 Å². The Kier molecular flexibility index (Phi) is 5.48. The summed E-state index contributed by atoms with van der Waals surface area (Å²) >= 11 is 0. The van der Waals surface area contributed by atoms with Crippen molar-refractivity contribution >= 4 is 17.2 Å². The lowest BCUT2D eigenvalue weighted by Gasteiger charge is -2.25. The lowest BCUT2D eigenvalue weighted by atomic mass is 10.0. The Bertz CT molecular complexity index is 1050. The Morgan fingerprint density at radius 1 is 1.14 bits per heavy atom. The Morgan fingerprint density at radius 2 is 1.97 bits per heavy atom. The molecule has 4 rings (SSSR count). The van der Waals surface area contributed by atoms with Gasteiger partial charge >= 0.3 is 0 Å². The van der Waals surface area contributed by atoms with Crippen LogP contribution in [0, 0.1) is 11.6 Å². The molecule has 0 atom stereocenters. The zero-order valence-electron chi connectivity index (χ0n) is 15.7. The molecule has 0 bridgehead atoms. The van der Waals surface area contributed by atoms with Gasteiger partial charge in [-0.2, -0.15) is 5.10 Å². The molecular weight excluding hydrogens is 374 g/mol. The fourth-order valence-corrected chi connectivity index (χ4v) is 3.31. The van der Waals surface area contributed by atoms with Crippen molar-refractivity contribution in [2.45, 2.75) is 6.42 Å². The number of rotatable bonds is 5. The first-order valence-electron chi connectivity index (χ1n) is 9.35. The molecule has 1 amide bonds. The van der Waals surface area contributed by atoms with Gasteiger partial charge in [-0.1, -0.05) is 24.3 Å². The van der Waals surface area contributed by atoms with Gasteiger partial charge < -0.3 is 5.32 Å². The van der Waals surface area contributed by atoms with Crippen LogP contribution < -0.4 is 5.32 Å². The van der Waals surface area contributed by atoms with Gasteiger partial charge in [-0.25, -0.2) is 13.5 Å². The van der Waals surface area contributed by atoms with Crippen LogP contribution >= 0.6 is 0 Å². The van der Waals surface area contributed by atoms with Crippen LogP contribution in [0.1, 0.15) is 12.0 Å². The van der Waals surface area contributed by atoms with Crippen LogP contribution in [0.15, 0.2) is 67.0 Å². The summed E-state index contributed by atoms with van der Waals surface area (Å²) in [6.07, 6.45) is 6.69. The number of amides is 1. The molecule has 0 saturated heterocycles. The molecule has 148 valence electrons. The highest BCUT2D eigenvalue weighted by Crippen LogP contribution is 2.23. The molecule has 1 N–H and O–H groups in total. The summed E-state index contributed by atoms with van der Waals surface area (Å²) in [5.74, 6) is -1.62. The molecule has 0 saturated carbocycles. The Hall–Kier alpha value is -3.32. The average Bonchev–Trinajstić information content (AvgIpc) is 3.22. The monoisotopic (exact) mass is 394 g/mol. The fourth-order valence-electron chi connectivity index (χ4n) is 3.31. The van der Waals surface area contributed by atoms with Gasteiger partial charge in [0.2, 0.25) is 5.91 Å². The van der Waals surface area contributed by atoms with E-state index in [1.807, 2.05) is 52.3 Å². The predicted molar refractivity (Wildman–Crippen MR) is 108 cm³/mol. The summed E-state index contributed by atoms with van der Waals surface area (Å²) in [5.41, 5.74) is 3.09. The van der Waals surface area contributed by atoms with E-state index in [2.05, 4.69) is 16.5 Å². The van der Waals surface area contributed by atoms with E-state index in [9.17, 15) is 13.6 Å². The largest absolute Gasteiger partial charge is 0.322 e. The topological polar surface area (TPSA) is 50.2 Å². The Morgan fingerprint density at radius 3 is 2.72 bits per heavy atom. The molecule has 1 aliphatic heterocycles. The minimum Gasteiger partial charge on any atom is -0.322 e. The minimum absolute atomic E-state index is 0.114. The molecule has 0 fully saturated rings. The SMILES string of the molecule is O=C(CN1CC=C(c2cnn(-c3ccccc3)c2)CC1)Nc1cc(F)ccc1F. The summed E-state index contributed by atoms with van der Waals surface area (Å²) < 4.78 is 28.7. The van der Waals surface area contributed by atoms with Gasteiger partial charge in [0.1, 0.15) is 11.6 Å². The van der Waals surface area contributed by atoms with E-state index in [1.165, 1.54) is 5.57 Å². The second-order valence-electron chi connectivity index (χ2n) is 6.90. The van der Waals surface area contributed by atoms with E-state index in [4.69, 9.17) is 0 Å². The standard InChI is InChI=1S/C22H20F2N4O/c23-18-6-7-20(24)21(12-18)26-22(29)15-27-10-8-16(9-11-27)17-13-25-28(14-17)19-4-2-1-3-5-19/h1-8,12-14H,9-11,15H2,(H,26,29). The second kappa shape index (κ2) is 8.36. The number of anilines is 1. The van der Waals surface area contributed by atoms with E-state index < -0.39 is 11.6 Å². The molecule has 1 aromatic heterocycles. The first-order chi connectivity index (χ1) is 14.1. The molecule has 0 spiro atoms. The van der Waals surface area contributed by atoms with Crippen LogP contribution in [0.4, 0.5) is 14.5 Å². The van der Waals surface area contributed by atoms with E-state index in [0.717, 1.165) is 35.9 Å². The lowest BCUT2D eigenvalue weighted by molar-refractivity contribution is -0.117. The summed E-state index contributed by atoms with van der Waals surface area (Å²) in [4.78, 5) is 14.1. The van der Waals surface area contributed by atoms with Crippen molar-refractivity contribution in [3.63, 3.8) is 0 Å². The van der Waals surface area contributed by atoms with Gasteiger partial charge in [-0.05, 0) is 36.3 Å². The minimum atomic E-state index is -0.656. The molecule has 0 radical (unpaired) electrons. The van der Waals surface area contributed by atoms with Crippen LogP contribution in [-0.2, 0) is 4.79 Å². The predicted octanol–water partition coefficient (Wildman–Crippen LogP) is 3.88. The van der Waals surface area contributed by atoms with Gasteiger partial charge in [-0.15, -0.1) is 0 Å². The molecule has 2 aromatic carbocycles.